The smallest absolute Gasteiger partial charge is 0.201 e. The number of rotatable bonds is 3. The number of fused-ring (bicyclic) bond motifs is 4. The lowest BCUT2D eigenvalue weighted by Gasteiger charge is -2.39. The van der Waals surface area contributed by atoms with Gasteiger partial charge in [-0.3, -0.25) is 9.59 Å². The van der Waals surface area contributed by atoms with Gasteiger partial charge in [0, 0.05) is 24.0 Å². The van der Waals surface area contributed by atoms with Crippen LogP contribution in [0.25, 0.3) is 0 Å². The van der Waals surface area contributed by atoms with Crippen LogP contribution in [0.4, 0.5) is 0 Å². The SMILES string of the molecule is COc1cc(C)cc2c1C(=O)c1c(O)cc(O)c(Cl)c1[C@@H]2[C@@H]1c2cc(C)cc(OC)c2C(=O)c2c(O)cc(O)c(Cl)c21. The second-order valence-electron chi connectivity index (χ2n) is 10.5. The topological polar surface area (TPSA) is 134 Å². The molecule has 0 saturated heterocycles. The van der Waals surface area contributed by atoms with Crippen LogP contribution in [0.15, 0.2) is 36.4 Å². The standard InChI is InChI=1S/C32H24Cl2O8/c1-11-5-13-21(19(7-11)41-3)31(39)25-15(35)9-17(37)29(33)27(25)23(13)24-14-6-12(2)8-20(42-4)22(14)32(40)26-16(36)10-18(38)30(34)28(24)26/h5-10,23-24,35-38H,1-4H3/t23-,24-/m0/s1. The first kappa shape index (κ1) is 27.8. The molecule has 4 aromatic carbocycles. The summed E-state index contributed by atoms with van der Waals surface area (Å²) in [4.78, 5) is 28.0. The number of phenolic OH excluding ortho intramolecular Hbond substituents is 4. The van der Waals surface area contributed by atoms with E-state index in [1.807, 2.05) is 13.8 Å². The van der Waals surface area contributed by atoms with Crippen LogP contribution in [0.1, 0.15) is 77.1 Å². The fourth-order valence-electron chi connectivity index (χ4n) is 6.48. The van der Waals surface area contributed by atoms with Crippen LogP contribution < -0.4 is 9.47 Å². The highest BCUT2D eigenvalue weighted by Gasteiger charge is 2.48. The number of aromatic hydroxyl groups is 4. The quantitative estimate of drug-likeness (QED) is 0.207. The number of hydrogen-bond acceptors (Lipinski definition) is 8. The molecule has 0 fully saturated rings. The Morgan fingerprint density at radius 2 is 0.929 bits per heavy atom. The largest absolute Gasteiger partial charge is 0.507 e. The van der Waals surface area contributed by atoms with Crippen molar-refractivity contribution < 1.29 is 39.5 Å². The first-order valence-electron chi connectivity index (χ1n) is 12.9. The zero-order valence-electron chi connectivity index (χ0n) is 22.8. The summed E-state index contributed by atoms with van der Waals surface area (Å²) in [7, 11) is 2.84. The Labute approximate surface area is 250 Å². The van der Waals surface area contributed by atoms with Gasteiger partial charge < -0.3 is 29.9 Å². The van der Waals surface area contributed by atoms with Crippen molar-refractivity contribution in [3.63, 3.8) is 0 Å². The summed E-state index contributed by atoms with van der Waals surface area (Å²) in [6.45, 7) is 3.62. The van der Waals surface area contributed by atoms with Crippen LogP contribution in [0.5, 0.6) is 34.5 Å². The van der Waals surface area contributed by atoms with Crippen LogP contribution in [-0.2, 0) is 0 Å². The number of ether oxygens (including phenoxy) is 2. The van der Waals surface area contributed by atoms with Gasteiger partial charge in [-0.2, -0.15) is 0 Å². The molecule has 2 aliphatic carbocycles. The van der Waals surface area contributed by atoms with E-state index in [-0.39, 0.29) is 54.9 Å². The van der Waals surface area contributed by atoms with E-state index in [0.29, 0.717) is 11.1 Å². The second-order valence-corrected chi connectivity index (χ2v) is 11.3. The fourth-order valence-corrected chi connectivity index (χ4v) is 7.01. The molecule has 0 aromatic heterocycles. The third kappa shape index (κ3) is 3.68. The minimum absolute atomic E-state index is 0.0925. The first-order valence-corrected chi connectivity index (χ1v) is 13.6. The molecule has 0 aliphatic heterocycles. The average Bonchev–Trinajstić information content (AvgIpc) is 2.93. The Morgan fingerprint density at radius 3 is 1.26 bits per heavy atom. The van der Waals surface area contributed by atoms with Crippen molar-refractivity contribution >= 4 is 34.8 Å². The number of aryl methyl sites for hydroxylation is 2. The molecule has 6 rings (SSSR count). The van der Waals surface area contributed by atoms with Crippen molar-refractivity contribution in [1.82, 2.24) is 0 Å². The van der Waals surface area contributed by atoms with Gasteiger partial charge >= 0.3 is 0 Å². The van der Waals surface area contributed by atoms with E-state index in [9.17, 15) is 30.0 Å². The number of halogens is 2. The molecular formula is C32H24Cl2O8. The van der Waals surface area contributed by atoms with E-state index in [1.165, 1.54) is 14.2 Å². The van der Waals surface area contributed by atoms with E-state index in [1.54, 1.807) is 24.3 Å². The molecular weight excluding hydrogens is 583 g/mol. The van der Waals surface area contributed by atoms with E-state index in [2.05, 4.69) is 0 Å². The zero-order valence-corrected chi connectivity index (χ0v) is 24.3. The summed E-state index contributed by atoms with van der Waals surface area (Å²) in [5, 5.41) is 43.2. The normalized spacial score (nSPS) is 16.8. The number of carbonyl (C=O) groups excluding carboxylic acids is 2. The highest BCUT2D eigenvalue weighted by atomic mass is 35.5. The Balaban J connectivity index is 1.86. The summed E-state index contributed by atoms with van der Waals surface area (Å²) < 4.78 is 11.2. The molecule has 2 atom stereocenters. The molecule has 0 radical (unpaired) electrons. The molecule has 0 bridgehead atoms. The summed E-state index contributed by atoms with van der Waals surface area (Å²) in [6, 6.07) is 8.88. The molecule has 0 unspecified atom stereocenters. The lowest BCUT2D eigenvalue weighted by Crippen LogP contribution is -2.30. The Morgan fingerprint density at radius 1 is 0.571 bits per heavy atom. The third-order valence-electron chi connectivity index (χ3n) is 8.05. The fraction of sp³-hybridized carbons (Fsp3) is 0.188. The van der Waals surface area contributed by atoms with Crippen LogP contribution in [0.2, 0.25) is 10.0 Å². The predicted octanol–water partition coefficient (Wildman–Crippen LogP) is 6.50. The van der Waals surface area contributed by atoms with E-state index >= 15 is 0 Å². The van der Waals surface area contributed by atoms with Crippen molar-refractivity contribution in [3.8, 4) is 34.5 Å². The molecule has 0 spiro atoms. The predicted molar refractivity (Wildman–Crippen MR) is 156 cm³/mol. The molecule has 0 saturated carbocycles. The van der Waals surface area contributed by atoms with Crippen molar-refractivity contribution in [3.05, 3.63) is 102 Å². The number of ketones is 2. The number of hydrogen-bond donors (Lipinski definition) is 4. The summed E-state index contributed by atoms with van der Waals surface area (Å²) in [5.74, 6) is -4.57. The molecule has 10 heteroatoms. The van der Waals surface area contributed by atoms with Crippen molar-refractivity contribution in [2.45, 2.75) is 25.7 Å². The molecule has 8 nitrogen and oxygen atoms in total. The molecule has 42 heavy (non-hydrogen) atoms. The highest BCUT2D eigenvalue weighted by molar-refractivity contribution is 6.35. The zero-order chi connectivity index (χ0) is 30.4. The van der Waals surface area contributed by atoms with Gasteiger partial charge in [0.2, 0.25) is 11.6 Å². The van der Waals surface area contributed by atoms with Crippen molar-refractivity contribution in [1.29, 1.82) is 0 Å². The van der Waals surface area contributed by atoms with Gasteiger partial charge in [0.05, 0.1) is 46.5 Å². The highest BCUT2D eigenvalue weighted by Crippen LogP contribution is 2.60. The lowest BCUT2D eigenvalue weighted by atomic mass is 9.63. The maximum Gasteiger partial charge on any atom is 0.201 e. The molecule has 214 valence electrons. The van der Waals surface area contributed by atoms with E-state index in [4.69, 9.17) is 32.7 Å². The van der Waals surface area contributed by atoms with Crippen LogP contribution >= 0.6 is 23.2 Å². The van der Waals surface area contributed by atoms with Gasteiger partial charge in [0.1, 0.15) is 34.5 Å². The monoisotopic (exact) mass is 606 g/mol. The minimum Gasteiger partial charge on any atom is -0.507 e. The number of methoxy groups -OCH3 is 2. The van der Waals surface area contributed by atoms with Crippen molar-refractivity contribution in [2.24, 2.45) is 0 Å². The van der Waals surface area contributed by atoms with Gasteiger partial charge in [0.15, 0.2) is 0 Å². The summed E-state index contributed by atoms with van der Waals surface area (Å²) in [6.07, 6.45) is 0. The Hall–Kier alpha value is -4.40. The molecule has 4 N–H and O–H groups in total. The first-order chi connectivity index (χ1) is 19.9. The molecule has 4 aromatic rings. The third-order valence-corrected chi connectivity index (χ3v) is 8.84. The summed E-state index contributed by atoms with van der Waals surface area (Å²) >= 11 is 13.5. The van der Waals surface area contributed by atoms with Gasteiger partial charge in [-0.05, 0) is 59.4 Å². The lowest BCUT2D eigenvalue weighted by molar-refractivity contribution is 0.101. The van der Waals surface area contributed by atoms with Crippen LogP contribution in [0.3, 0.4) is 0 Å². The minimum atomic E-state index is -0.984. The number of carbonyl (C=O) groups is 2. The van der Waals surface area contributed by atoms with E-state index in [0.717, 1.165) is 23.3 Å². The van der Waals surface area contributed by atoms with Crippen LogP contribution in [-0.4, -0.2) is 46.2 Å². The Bertz CT molecular complexity index is 1760. The number of benzene rings is 4. The maximum atomic E-state index is 14.0. The number of phenols is 4. The van der Waals surface area contributed by atoms with Gasteiger partial charge in [0.25, 0.3) is 0 Å². The van der Waals surface area contributed by atoms with Gasteiger partial charge in [-0.1, -0.05) is 35.3 Å². The molecule has 0 heterocycles. The van der Waals surface area contributed by atoms with Crippen molar-refractivity contribution in [2.75, 3.05) is 14.2 Å². The average molecular weight is 607 g/mol. The molecule has 0 amide bonds. The molecule has 2 aliphatic rings. The summed E-state index contributed by atoms with van der Waals surface area (Å²) in [5.41, 5.74) is 2.48. The maximum absolute atomic E-state index is 14.0. The Kier molecular flexibility index (Phi) is 6.33. The van der Waals surface area contributed by atoms with E-state index < -0.39 is 46.4 Å². The second kappa shape index (κ2) is 9.58. The van der Waals surface area contributed by atoms with Gasteiger partial charge in [-0.15, -0.1) is 0 Å². The van der Waals surface area contributed by atoms with Gasteiger partial charge in [-0.25, -0.2) is 0 Å². The van der Waals surface area contributed by atoms with Crippen LogP contribution in [0, 0.1) is 13.8 Å².